The number of carbonyl (C=O) groups is 3. The summed E-state index contributed by atoms with van der Waals surface area (Å²) in [6.45, 7) is 1.37. The van der Waals surface area contributed by atoms with Gasteiger partial charge in [0.25, 0.3) is 5.91 Å². The fraction of sp³-hybridized carbons (Fsp3) is 0.118. The first-order valence-electron chi connectivity index (χ1n) is 7.01. The highest BCUT2D eigenvalue weighted by atomic mass is 16.5. The van der Waals surface area contributed by atoms with Gasteiger partial charge in [0.2, 0.25) is 5.91 Å². The number of carboxylic acids is 1. The molecular weight excluding hydrogens is 312 g/mol. The summed E-state index contributed by atoms with van der Waals surface area (Å²) in [5, 5.41) is 14.4. The number of rotatable bonds is 5. The van der Waals surface area contributed by atoms with Crippen LogP contribution in [0.4, 0.5) is 11.4 Å². The van der Waals surface area contributed by atoms with Gasteiger partial charge >= 0.3 is 5.97 Å². The van der Waals surface area contributed by atoms with Crippen LogP contribution in [-0.2, 0) is 4.79 Å². The van der Waals surface area contributed by atoms with Crippen molar-refractivity contribution in [1.82, 2.24) is 0 Å². The summed E-state index contributed by atoms with van der Waals surface area (Å²) in [6.07, 6.45) is 0. The van der Waals surface area contributed by atoms with Crippen molar-refractivity contribution in [2.45, 2.75) is 6.92 Å². The Hall–Kier alpha value is -3.35. The summed E-state index contributed by atoms with van der Waals surface area (Å²) in [7, 11) is 1.44. The van der Waals surface area contributed by atoms with Crippen molar-refractivity contribution in [2.75, 3.05) is 17.7 Å². The van der Waals surface area contributed by atoms with Crippen LogP contribution >= 0.6 is 0 Å². The molecule has 0 fully saturated rings. The molecule has 124 valence electrons. The number of carboxylic acid groups (broad SMARTS) is 1. The Morgan fingerprint density at radius 2 is 1.67 bits per heavy atom. The van der Waals surface area contributed by atoms with Gasteiger partial charge in [-0.3, -0.25) is 9.59 Å². The van der Waals surface area contributed by atoms with Crippen LogP contribution in [-0.4, -0.2) is 30.0 Å². The summed E-state index contributed by atoms with van der Waals surface area (Å²) in [5.41, 5.74) is 0.840. The lowest BCUT2D eigenvalue weighted by atomic mass is 10.1. The van der Waals surface area contributed by atoms with E-state index in [2.05, 4.69) is 10.6 Å². The second-order valence-corrected chi connectivity index (χ2v) is 4.90. The molecule has 7 nitrogen and oxygen atoms in total. The number of ether oxygens (including phenoxy) is 1. The van der Waals surface area contributed by atoms with Crippen molar-refractivity contribution >= 4 is 29.2 Å². The van der Waals surface area contributed by atoms with Crippen LogP contribution in [0.5, 0.6) is 5.75 Å². The van der Waals surface area contributed by atoms with Crippen LogP contribution in [0.2, 0.25) is 0 Å². The number of benzene rings is 2. The number of hydrogen-bond acceptors (Lipinski definition) is 4. The minimum absolute atomic E-state index is 0.0508. The van der Waals surface area contributed by atoms with Crippen LogP contribution in [0.1, 0.15) is 27.6 Å². The number of anilines is 2. The maximum Gasteiger partial charge on any atom is 0.336 e. The zero-order valence-corrected chi connectivity index (χ0v) is 13.1. The molecule has 7 heteroatoms. The number of aromatic carboxylic acids is 1. The standard InChI is InChI=1S/C17H16N2O5/c1-10(20)18-14-8-7-11(9-15(14)24-2)19-16(21)12-5-3-4-6-13(12)17(22)23/h3-9H,1-2H3,(H,18,20)(H,19,21)(H,22,23). The van der Waals surface area contributed by atoms with Gasteiger partial charge in [-0.05, 0) is 24.3 Å². The topological polar surface area (TPSA) is 105 Å². The lowest BCUT2D eigenvalue weighted by Gasteiger charge is -2.12. The molecule has 0 aliphatic rings. The molecular formula is C17H16N2O5. The van der Waals surface area contributed by atoms with E-state index in [0.717, 1.165) is 0 Å². The summed E-state index contributed by atoms with van der Waals surface area (Å²) in [5.74, 6) is -1.61. The average Bonchev–Trinajstić information content (AvgIpc) is 2.55. The van der Waals surface area contributed by atoms with Crippen molar-refractivity contribution in [2.24, 2.45) is 0 Å². The van der Waals surface area contributed by atoms with Crippen molar-refractivity contribution in [3.8, 4) is 5.75 Å². The Morgan fingerprint density at radius 1 is 1.00 bits per heavy atom. The quantitative estimate of drug-likeness (QED) is 0.782. The molecule has 2 amide bonds. The summed E-state index contributed by atoms with van der Waals surface area (Å²) < 4.78 is 5.18. The Labute approximate surface area is 138 Å². The molecule has 2 aromatic rings. The first-order chi connectivity index (χ1) is 11.4. The highest BCUT2D eigenvalue weighted by Crippen LogP contribution is 2.28. The van der Waals surface area contributed by atoms with Crippen molar-refractivity contribution in [1.29, 1.82) is 0 Å². The number of carbonyl (C=O) groups excluding carboxylic acids is 2. The summed E-state index contributed by atoms with van der Waals surface area (Å²) in [6, 6.07) is 10.6. The first-order valence-corrected chi connectivity index (χ1v) is 7.01. The van der Waals surface area contributed by atoms with Gasteiger partial charge in [-0.25, -0.2) is 4.79 Å². The van der Waals surface area contributed by atoms with Gasteiger partial charge in [-0.15, -0.1) is 0 Å². The second kappa shape index (κ2) is 7.28. The zero-order valence-electron chi connectivity index (χ0n) is 13.1. The van der Waals surface area contributed by atoms with Gasteiger partial charge in [0.1, 0.15) is 5.75 Å². The molecule has 0 saturated carbocycles. The molecule has 0 aliphatic carbocycles. The van der Waals surface area contributed by atoms with Gasteiger partial charge in [-0.2, -0.15) is 0 Å². The fourth-order valence-electron chi connectivity index (χ4n) is 2.13. The Bertz CT molecular complexity index is 801. The van der Waals surface area contributed by atoms with Crippen LogP contribution in [0.25, 0.3) is 0 Å². The third-order valence-electron chi connectivity index (χ3n) is 3.17. The molecule has 24 heavy (non-hydrogen) atoms. The first kappa shape index (κ1) is 17.0. The van der Waals surface area contributed by atoms with E-state index in [0.29, 0.717) is 17.1 Å². The third-order valence-corrected chi connectivity index (χ3v) is 3.17. The maximum absolute atomic E-state index is 12.3. The highest BCUT2D eigenvalue weighted by Gasteiger charge is 2.16. The molecule has 0 saturated heterocycles. The molecule has 0 atom stereocenters. The molecule has 0 aliphatic heterocycles. The van der Waals surface area contributed by atoms with E-state index < -0.39 is 11.9 Å². The minimum Gasteiger partial charge on any atom is -0.494 e. The largest absolute Gasteiger partial charge is 0.494 e. The van der Waals surface area contributed by atoms with E-state index in [1.54, 1.807) is 24.3 Å². The smallest absolute Gasteiger partial charge is 0.336 e. The van der Waals surface area contributed by atoms with E-state index in [1.807, 2.05) is 0 Å². The monoisotopic (exact) mass is 328 g/mol. The Morgan fingerprint density at radius 3 is 2.25 bits per heavy atom. The molecule has 0 bridgehead atoms. The third kappa shape index (κ3) is 3.89. The number of amides is 2. The van der Waals surface area contributed by atoms with E-state index in [4.69, 9.17) is 9.84 Å². The van der Waals surface area contributed by atoms with E-state index in [1.165, 1.54) is 32.2 Å². The van der Waals surface area contributed by atoms with E-state index in [-0.39, 0.29) is 17.0 Å². The summed E-state index contributed by atoms with van der Waals surface area (Å²) >= 11 is 0. The minimum atomic E-state index is -1.18. The van der Waals surface area contributed by atoms with Crippen molar-refractivity contribution in [3.05, 3.63) is 53.6 Å². The summed E-state index contributed by atoms with van der Waals surface area (Å²) in [4.78, 5) is 34.6. The molecule has 0 spiro atoms. The normalized spacial score (nSPS) is 9.92. The Balaban J connectivity index is 2.27. The molecule has 2 rings (SSSR count). The number of hydrogen-bond donors (Lipinski definition) is 3. The molecule has 0 radical (unpaired) electrons. The molecule has 0 unspecified atom stereocenters. The second-order valence-electron chi connectivity index (χ2n) is 4.90. The van der Waals surface area contributed by atoms with E-state index >= 15 is 0 Å². The van der Waals surface area contributed by atoms with Gasteiger partial charge in [0.15, 0.2) is 0 Å². The van der Waals surface area contributed by atoms with Crippen molar-refractivity contribution < 1.29 is 24.2 Å². The predicted molar refractivity (Wildman–Crippen MR) is 88.7 cm³/mol. The average molecular weight is 328 g/mol. The van der Waals surface area contributed by atoms with Gasteiger partial charge in [0, 0.05) is 18.7 Å². The highest BCUT2D eigenvalue weighted by molar-refractivity contribution is 6.10. The van der Waals surface area contributed by atoms with Gasteiger partial charge < -0.3 is 20.5 Å². The number of nitrogens with one attached hydrogen (secondary N) is 2. The number of methoxy groups -OCH3 is 1. The lowest BCUT2D eigenvalue weighted by molar-refractivity contribution is -0.114. The van der Waals surface area contributed by atoms with Crippen LogP contribution < -0.4 is 15.4 Å². The van der Waals surface area contributed by atoms with Crippen molar-refractivity contribution in [3.63, 3.8) is 0 Å². The zero-order chi connectivity index (χ0) is 17.7. The van der Waals surface area contributed by atoms with Gasteiger partial charge in [-0.1, -0.05) is 12.1 Å². The molecule has 0 aromatic heterocycles. The molecule has 3 N–H and O–H groups in total. The predicted octanol–water partition coefficient (Wildman–Crippen LogP) is 2.60. The maximum atomic E-state index is 12.3. The molecule has 0 heterocycles. The van der Waals surface area contributed by atoms with Crippen LogP contribution in [0, 0.1) is 0 Å². The van der Waals surface area contributed by atoms with Crippen LogP contribution in [0.3, 0.4) is 0 Å². The van der Waals surface area contributed by atoms with Crippen LogP contribution in [0.15, 0.2) is 42.5 Å². The molecule has 2 aromatic carbocycles. The van der Waals surface area contributed by atoms with Gasteiger partial charge in [0.05, 0.1) is 23.9 Å². The Kier molecular flexibility index (Phi) is 5.16. The lowest BCUT2D eigenvalue weighted by Crippen LogP contribution is -2.16. The SMILES string of the molecule is COc1cc(NC(=O)c2ccccc2C(=O)O)ccc1NC(C)=O. The van der Waals surface area contributed by atoms with E-state index in [9.17, 15) is 14.4 Å². The fourth-order valence-corrected chi connectivity index (χ4v) is 2.13.